The Hall–Kier alpha value is -0.570. The van der Waals surface area contributed by atoms with E-state index in [0.717, 1.165) is 11.1 Å². The van der Waals surface area contributed by atoms with Crippen molar-refractivity contribution in [2.45, 2.75) is 38.9 Å². The van der Waals surface area contributed by atoms with Gasteiger partial charge >= 0.3 is 0 Å². The first kappa shape index (κ1) is 12.5. The number of aliphatic hydroxyl groups is 2. The lowest BCUT2D eigenvalue weighted by Crippen LogP contribution is -2.07. The lowest BCUT2D eigenvalue weighted by molar-refractivity contribution is 0.194. The van der Waals surface area contributed by atoms with Gasteiger partial charge in [-0.1, -0.05) is 17.7 Å². The SMILES string of the molecule is CC(O)Cc1cc(Cl)cc(CC(C)O)c1. The van der Waals surface area contributed by atoms with Crippen LogP contribution in [-0.4, -0.2) is 22.4 Å². The zero-order valence-electron chi connectivity index (χ0n) is 9.07. The molecule has 0 aliphatic heterocycles. The van der Waals surface area contributed by atoms with Gasteiger partial charge in [-0.15, -0.1) is 0 Å². The highest BCUT2D eigenvalue weighted by Gasteiger charge is 2.05. The third kappa shape index (κ3) is 4.65. The summed E-state index contributed by atoms with van der Waals surface area (Å²) in [5.74, 6) is 0. The third-order valence-corrected chi connectivity index (χ3v) is 2.30. The molecule has 2 atom stereocenters. The Morgan fingerprint density at radius 1 is 1.00 bits per heavy atom. The van der Waals surface area contributed by atoms with E-state index >= 15 is 0 Å². The van der Waals surface area contributed by atoms with Crippen LogP contribution in [-0.2, 0) is 12.8 Å². The lowest BCUT2D eigenvalue weighted by Gasteiger charge is -2.09. The number of aliphatic hydroxyl groups excluding tert-OH is 2. The van der Waals surface area contributed by atoms with Crippen molar-refractivity contribution in [3.63, 3.8) is 0 Å². The first-order chi connectivity index (χ1) is 6.97. The Balaban J connectivity index is 2.84. The van der Waals surface area contributed by atoms with Crippen LogP contribution in [0.15, 0.2) is 18.2 Å². The molecule has 2 nitrogen and oxygen atoms in total. The van der Waals surface area contributed by atoms with E-state index in [4.69, 9.17) is 11.6 Å². The molecule has 1 rings (SSSR count). The summed E-state index contributed by atoms with van der Waals surface area (Å²) >= 11 is 5.95. The largest absolute Gasteiger partial charge is 0.393 e. The minimum atomic E-state index is -0.372. The zero-order chi connectivity index (χ0) is 11.4. The molecule has 0 aromatic heterocycles. The maximum absolute atomic E-state index is 9.28. The minimum Gasteiger partial charge on any atom is -0.393 e. The van der Waals surface area contributed by atoms with Crippen LogP contribution in [0.25, 0.3) is 0 Å². The van der Waals surface area contributed by atoms with E-state index in [1.807, 2.05) is 18.2 Å². The molecule has 15 heavy (non-hydrogen) atoms. The predicted octanol–water partition coefficient (Wildman–Crippen LogP) is 2.19. The van der Waals surface area contributed by atoms with E-state index in [2.05, 4.69) is 0 Å². The fraction of sp³-hybridized carbons (Fsp3) is 0.500. The second-order valence-electron chi connectivity index (χ2n) is 4.07. The summed E-state index contributed by atoms with van der Waals surface area (Å²) in [6.07, 6.45) is 0.437. The van der Waals surface area contributed by atoms with Crippen molar-refractivity contribution < 1.29 is 10.2 Å². The van der Waals surface area contributed by atoms with Crippen molar-refractivity contribution in [2.24, 2.45) is 0 Å². The summed E-state index contributed by atoms with van der Waals surface area (Å²) in [4.78, 5) is 0. The third-order valence-electron chi connectivity index (χ3n) is 2.08. The topological polar surface area (TPSA) is 40.5 Å². The molecule has 1 aromatic rings. The van der Waals surface area contributed by atoms with Crippen LogP contribution in [0.3, 0.4) is 0 Å². The number of hydrogen-bond acceptors (Lipinski definition) is 2. The first-order valence-corrected chi connectivity index (χ1v) is 5.49. The average Bonchev–Trinajstić information content (AvgIpc) is 1.98. The predicted molar refractivity (Wildman–Crippen MR) is 62.2 cm³/mol. The number of rotatable bonds is 4. The fourth-order valence-corrected chi connectivity index (χ4v) is 1.92. The molecule has 1 aromatic carbocycles. The van der Waals surface area contributed by atoms with Gasteiger partial charge in [0.2, 0.25) is 0 Å². The van der Waals surface area contributed by atoms with E-state index < -0.39 is 0 Å². The first-order valence-electron chi connectivity index (χ1n) is 5.12. The van der Waals surface area contributed by atoms with Crippen molar-refractivity contribution in [3.8, 4) is 0 Å². The molecule has 0 saturated carbocycles. The van der Waals surface area contributed by atoms with Crippen molar-refractivity contribution in [1.82, 2.24) is 0 Å². The van der Waals surface area contributed by atoms with Crippen molar-refractivity contribution in [3.05, 3.63) is 34.3 Å². The summed E-state index contributed by atoms with van der Waals surface area (Å²) in [5.41, 5.74) is 2.02. The average molecular weight is 229 g/mol. The van der Waals surface area contributed by atoms with Crippen molar-refractivity contribution in [1.29, 1.82) is 0 Å². The Labute approximate surface area is 95.5 Å². The van der Waals surface area contributed by atoms with Gasteiger partial charge in [0.05, 0.1) is 12.2 Å². The monoisotopic (exact) mass is 228 g/mol. The summed E-state index contributed by atoms with van der Waals surface area (Å²) < 4.78 is 0. The van der Waals surface area contributed by atoms with Gasteiger partial charge in [0, 0.05) is 5.02 Å². The van der Waals surface area contributed by atoms with E-state index in [1.165, 1.54) is 0 Å². The highest BCUT2D eigenvalue weighted by molar-refractivity contribution is 6.30. The summed E-state index contributed by atoms with van der Waals surface area (Å²) in [5, 5.41) is 19.2. The molecule has 0 radical (unpaired) electrons. The number of hydrogen-bond donors (Lipinski definition) is 2. The van der Waals surface area contributed by atoms with Gasteiger partial charge < -0.3 is 10.2 Å². The maximum atomic E-state index is 9.28. The summed E-state index contributed by atoms with van der Waals surface area (Å²) in [6.45, 7) is 3.49. The van der Waals surface area contributed by atoms with Crippen LogP contribution in [0.5, 0.6) is 0 Å². The molecule has 2 N–H and O–H groups in total. The Morgan fingerprint density at radius 3 is 1.73 bits per heavy atom. The lowest BCUT2D eigenvalue weighted by atomic mass is 10.0. The second-order valence-corrected chi connectivity index (χ2v) is 4.51. The minimum absolute atomic E-state index is 0.372. The molecular weight excluding hydrogens is 212 g/mol. The van der Waals surface area contributed by atoms with Crippen LogP contribution >= 0.6 is 11.6 Å². The molecule has 3 heteroatoms. The maximum Gasteiger partial charge on any atom is 0.0552 e. The highest BCUT2D eigenvalue weighted by Crippen LogP contribution is 2.17. The van der Waals surface area contributed by atoms with Gasteiger partial charge in [-0.2, -0.15) is 0 Å². The van der Waals surface area contributed by atoms with Crippen LogP contribution < -0.4 is 0 Å². The van der Waals surface area contributed by atoms with Gasteiger partial charge in [0.25, 0.3) is 0 Å². The molecule has 0 bridgehead atoms. The molecule has 0 saturated heterocycles. The van der Waals surface area contributed by atoms with E-state index in [1.54, 1.807) is 13.8 Å². The van der Waals surface area contributed by atoms with Gasteiger partial charge in [-0.25, -0.2) is 0 Å². The van der Waals surface area contributed by atoms with E-state index in [9.17, 15) is 10.2 Å². The van der Waals surface area contributed by atoms with E-state index in [0.29, 0.717) is 17.9 Å². The van der Waals surface area contributed by atoms with E-state index in [-0.39, 0.29) is 12.2 Å². The summed E-state index contributed by atoms with van der Waals surface area (Å²) in [6, 6.07) is 5.67. The van der Waals surface area contributed by atoms with Gasteiger partial charge in [0.1, 0.15) is 0 Å². The van der Waals surface area contributed by atoms with Crippen LogP contribution in [0.4, 0.5) is 0 Å². The quantitative estimate of drug-likeness (QED) is 0.830. The molecule has 0 amide bonds. The van der Waals surface area contributed by atoms with Gasteiger partial charge in [-0.3, -0.25) is 0 Å². The molecule has 2 unspecified atom stereocenters. The Morgan fingerprint density at radius 2 is 1.40 bits per heavy atom. The molecule has 0 spiro atoms. The number of halogens is 1. The van der Waals surface area contributed by atoms with Crippen LogP contribution in [0.2, 0.25) is 5.02 Å². The van der Waals surface area contributed by atoms with Crippen LogP contribution in [0.1, 0.15) is 25.0 Å². The van der Waals surface area contributed by atoms with Gasteiger partial charge in [0.15, 0.2) is 0 Å². The molecule has 0 aliphatic carbocycles. The molecule has 84 valence electrons. The normalized spacial score (nSPS) is 15.0. The van der Waals surface area contributed by atoms with Crippen molar-refractivity contribution in [2.75, 3.05) is 0 Å². The smallest absolute Gasteiger partial charge is 0.0552 e. The Kier molecular flexibility index (Phi) is 4.58. The number of benzene rings is 1. The zero-order valence-corrected chi connectivity index (χ0v) is 9.83. The molecule has 0 fully saturated rings. The Bertz CT molecular complexity index is 293. The fourth-order valence-electron chi connectivity index (χ4n) is 1.64. The molecule has 0 aliphatic rings. The van der Waals surface area contributed by atoms with Gasteiger partial charge in [-0.05, 0) is 49.9 Å². The second kappa shape index (κ2) is 5.50. The molecular formula is C12H17ClO2. The molecule has 0 heterocycles. The summed E-state index contributed by atoms with van der Waals surface area (Å²) in [7, 11) is 0. The van der Waals surface area contributed by atoms with Crippen molar-refractivity contribution >= 4 is 11.6 Å². The highest BCUT2D eigenvalue weighted by atomic mass is 35.5. The standard InChI is InChI=1S/C12H17ClO2/c1-8(14)3-10-5-11(4-9(2)15)7-12(13)6-10/h5-9,14-15H,3-4H2,1-2H3. The van der Waals surface area contributed by atoms with Crippen LogP contribution in [0, 0.1) is 0 Å².